The second kappa shape index (κ2) is 9.58. The van der Waals surface area contributed by atoms with Crippen LogP contribution in [-0.2, 0) is 18.4 Å². The van der Waals surface area contributed by atoms with Crippen LogP contribution in [0, 0.1) is 0 Å². The fourth-order valence-corrected chi connectivity index (χ4v) is 0. The molecule has 0 heterocycles. The summed E-state index contributed by atoms with van der Waals surface area (Å²) in [7, 11) is 0. The molecular weight excluding hydrogens is 200 g/mol. The van der Waals surface area contributed by atoms with Crippen LogP contribution in [0.25, 0.3) is 0 Å². The molecule has 42 valence electrons. The predicted molar refractivity (Wildman–Crippen MR) is 32.1 cm³/mol. The van der Waals surface area contributed by atoms with Crippen LogP contribution in [0.5, 0.6) is 0 Å². The van der Waals surface area contributed by atoms with Crippen molar-refractivity contribution in [1.82, 2.24) is 0 Å². The van der Waals surface area contributed by atoms with Crippen LogP contribution in [-0.4, -0.2) is 0 Å². The van der Waals surface area contributed by atoms with Gasteiger partial charge in [0.15, 0.2) is 0 Å². The Kier molecular flexibility index (Phi) is 25.0. The maximum atomic E-state index is 2.35. The molecular formula is C3H11Cl2Nb. The van der Waals surface area contributed by atoms with E-state index in [9.17, 15) is 0 Å². The van der Waals surface area contributed by atoms with Crippen LogP contribution >= 0.6 is 24.8 Å². The van der Waals surface area contributed by atoms with Crippen LogP contribution in [0.15, 0.2) is 0 Å². The normalized spacial score (nSPS) is 6.00. The monoisotopic (exact) mass is 210 g/mol. The molecule has 0 amide bonds. The van der Waals surface area contributed by atoms with Crippen LogP contribution in [0.2, 0.25) is 15.4 Å². The van der Waals surface area contributed by atoms with E-state index in [-0.39, 0.29) is 24.8 Å². The third-order valence-corrected chi connectivity index (χ3v) is 0. The Morgan fingerprint density at radius 3 is 0.833 bits per heavy atom. The van der Waals surface area contributed by atoms with E-state index in [1.807, 2.05) is 0 Å². The summed E-state index contributed by atoms with van der Waals surface area (Å²) in [6, 6.07) is 0. The summed E-state index contributed by atoms with van der Waals surface area (Å²) >= 11 is -0.450. The van der Waals surface area contributed by atoms with Crippen molar-refractivity contribution in [3.05, 3.63) is 0 Å². The molecule has 0 rings (SSSR count). The number of halogens is 2. The summed E-state index contributed by atoms with van der Waals surface area (Å²) in [6.07, 6.45) is 0. The zero-order valence-corrected chi connectivity index (χ0v) is 8.10. The fourth-order valence-electron chi connectivity index (χ4n) is 0. The number of hydrogen-bond donors (Lipinski definition) is 0. The molecule has 0 aliphatic heterocycles. The summed E-state index contributed by atoms with van der Waals surface area (Å²) < 4.78 is 0. The van der Waals surface area contributed by atoms with Gasteiger partial charge in [0.25, 0.3) is 0 Å². The Bertz CT molecular complexity index is 13.5. The summed E-state index contributed by atoms with van der Waals surface area (Å²) in [4.78, 5) is 0. The van der Waals surface area contributed by atoms with E-state index < -0.39 is 18.4 Å². The van der Waals surface area contributed by atoms with Gasteiger partial charge in [0, 0.05) is 0 Å². The van der Waals surface area contributed by atoms with Gasteiger partial charge in [0.2, 0.25) is 0 Å². The SMILES string of the molecule is Cl.Cl.[CH3][Nb]([CH3])[CH3]. The second-order valence-corrected chi connectivity index (χ2v) is 7.94. The minimum atomic E-state index is -0.450. The maximum absolute atomic E-state index is 2.35. The van der Waals surface area contributed by atoms with Gasteiger partial charge in [-0.1, -0.05) is 0 Å². The van der Waals surface area contributed by atoms with Gasteiger partial charge in [-0.25, -0.2) is 0 Å². The third kappa shape index (κ3) is 57.0. The molecule has 0 saturated carbocycles. The first-order valence-corrected chi connectivity index (χ1v) is 7.94. The van der Waals surface area contributed by atoms with Crippen molar-refractivity contribution in [2.24, 2.45) is 0 Å². The summed E-state index contributed by atoms with van der Waals surface area (Å²) in [5, 5.41) is 7.05. The van der Waals surface area contributed by atoms with Crippen LogP contribution in [0.1, 0.15) is 0 Å². The Labute approximate surface area is 58.6 Å². The molecule has 0 aliphatic carbocycles. The molecule has 0 radical (unpaired) electrons. The first-order chi connectivity index (χ1) is 1.73. The molecule has 0 aromatic carbocycles. The molecule has 0 fully saturated rings. The van der Waals surface area contributed by atoms with Crippen molar-refractivity contribution < 1.29 is 18.4 Å². The summed E-state index contributed by atoms with van der Waals surface area (Å²) in [5.41, 5.74) is 0. The standard InChI is InChI=1S/3CH3.2ClH.Nb/h3*1H3;2*1H;. The van der Waals surface area contributed by atoms with Crippen molar-refractivity contribution in [3.8, 4) is 0 Å². The van der Waals surface area contributed by atoms with Gasteiger partial charge in [-0.2, -0.15) is 0 Å². The van der Waals surface area contributed by atoms with Gasteiger partial charge < -0.3 is 0 Å². The quantitative estimate of drug-likeness (QED) is 0.540. The molecule has 0 nitrogen and oxygen atoms in total. The Hall–Kier alpha value is 1.32. The molecule has 0 spiro atoms. The van der Waals surface area contributed by atoms with Crippen molar-refractivity contribution in [3.63, 3.8) is 0 Å². The third-order valence-electron chi connectivity index (χ3n) is 0. The van der Waals surface area contributed by atoms with Crippen LogP contribution in [0.4, 0.5) is 0 Å². The zero-order valence-electron chi connectivity index (χ0n) is 4.26. The second-order valence-electron chi connectivity index (χ2n) is 1.34. The number of rotatable bonds is 0. The molecule has 0 N–H and O–H groups in total. The molecule has 6 heavy (non-hydrogen) atoms. The van der Waals surface area contributed by atoms with Crippen molar-refractivity contribution in [1.29, 1.82) is 0 Å². The van der Waals surface area contributed by atoms with Crippen molar-refractivity contribution >= 4 is 24.8 Å². The van der Waals surface area contributed by atoms with E-state index in [1.165, 1.54) is 0 Å². The first kappa shape index (κ1) is 15.7. The average Bonchev–Trinajstić information content (AvgIpc) is 0.811. The molecule has 0 aromatic heterocycles. The molecule has 3 heteroatoms. The zero-order chi connectivity index (χ0) is 3.58. The Morgan fingerprint density at radius 1 is 0.833 bits per heavy atom. The Morgan fingerprint density at radius 2 is 0.833 bits per heavy atom. The van der Waals surface area contributed by atoms with Crippen LogP contribution < -0.4 is 0 Å². The average molecular weight is 211 g/mol. The van der Waals surface area contributed by atoms with E-state index in [4.69, 9.17) is 0 Å². The molecule has 0 aliphatic rings. The molecule has 0 bridgehead atoms. The van der Waals surface area contributed by atoms with Gasteiger partial charge in [-0.05, 0) is 0 Å². The van der Waals surface area contributed by atoms with E-state index in [1.54, 1.807) is 0 Å². The summed E-state index contributed by atoms with van der Waals surface area (Å²) in [5.74, 6) is 0. The van der Waals surface area contributed by atoms with Gasteiger partial charge in [0.05, 0.1) is 0 Å². The Balaban J connectivity index is -0.0000000450. The van der Waals surface area contributed by atoms with Crippen molar-refractivity contribution in [2.45, 2.75) is 15.4 Å². The van der Waals surface area contributed by atoms with E-state index in [0.717, 1.165) is 0 Å². The van der Waals surface area contributed by atoms with Crippen molar-refractivity contribution in [2.75, 3.05) is 0 Å². The number of hydrogen-bond acceptors (Lipinski definition) is 0. The summed E-state index contributed by atoms with van der Waals surface area (Å²) in [6.45, 7) is 0. The molecule has 0 saturated heterocycles. The van der Waals surface area contributed by atoms with Crippen LogP contribution in [0.3, 0.4) is 0 Å². The molecule has 0 atom stereocenters. The topological polar surface area (TPSA) is 0 Å². The first-order valence-electron chi connectivity index (χ1n) is 1.34. The van der Waals surface area contributed by atoms with Gasteiger partial charge in [-0.15, -0.1) is 24.8 Å². The van der Waals surface area contributed by atoms with Gasteiger partial charge in [0.1, 0.15) is 0 Å². The van der Waals surface area contributed by atoms with E-state index in [2.05, 4.69) is 15.4 Å². The van der Waals surface area contributed by atoms with Gasteiger partial charge in [-0.3, -0.25) is 0 Å². The van der Waals surface area contributed by atoms with E-state index in [0.29, 0.717) is 0 Å². The molecule has 0 unspecified atom stereocenters. The van der Waals surface area contributed by atoms with Gasteiger partial charge >= 0.3 is 33.9 Å². The fraction of sp³-hybridized carbons (Fsp3) is 1.00. The minimum absolute atomic E-state index is 0. The molecule has 0 aromatic rings. The van der Waals surface area contributed by atoms with E-state index >= 15 is 0 Å². The predicted octanol–water partition coefficient (Wildman–Crippen LogP) is 2.59.